The van der Waals surface area contributed by atoms with Crippen molar-refractivity contribution in [1.82, 2.24) is 0 Å². The van der Waals surface area contributed by atoms with Crippen LogP contribution in [-0.4, -0.2) is 26.0 Å². The zero-order chi connectivity index (χ0) is 11.5. The lowest BCUT2D eigenvalue weighted by Gasteiger charge is -2.31. The van der Waals surface area contributed by atoms with Crippen molar-refractivity contribution >= 4 is 9.84 Å². The van der Waals surface area contributed by atoms with E-state index in [2.05, 4.69) is 6.58 Å². The Kier molecular flexibility index (Phi) is 4.34. The van der Waals surface area contributed by atoms with E-state index in [1.54, 1.807) is 0 Å². The van der Waals surface area contributed by atoms with Gasteiger partial charge in [0.15, 0.2) is 0 Å². The van der Waals surface area contributed by atoms with Crippen molar-refractivity contribution in [2.24, 2.45) is 11.7 Å². The van der Waals surface area contributed by atoms with Gasteiger partial charge in [-0.15, -0.1) is 6.58 Å². The number of hydrogen-bond acceptors (Lipinski definition) is 3. The highest BCUT2D eigenvalue weighted by Crippen LogP contribution is 2.30. The van der Waals surface area contributed by atoms with Gasteiger partial charge in [-0.05, 0) is 31.6 Å². The highest BCUT2D eigenvalue weighted by Gasteiger charge is 2.31. The topological polar surface area (TPSA) is 60.2 Å². The molecule has 0 aromatic heterocycles. The first kappa shape index (κ1) is 12.7. The van der Waals surface area contributed by atoms with Crippen LogP contribution in [0.3, 0.4) is 0 Å². The third-order valence-electron chi connectivity index (χ3n) is 3.32. The summed E-state index contributed by atoms with van der Waals surface area (Å²) in [6, 6.07) is 0.0760. The number of sulfone groups is 1. The van der Waals surface area contributed by atoms with Crippen molar-refractivity contribution in [2.45, 2.75) is 43.4 Å². The lowest BCUT2D eigenvalue weighted by atomic mass is 9.83. The molecule has 0 bridgehead atoms. The van der Waals surface area contributed by atoms with E-state index in [0.717, 1.165) is 32.1 Å². The number of hydrogen-bond donors (Lipinski definition) is 1. The summed E-state index contributed by atoms with van der Waals surface area (Å²) < 4.78 is 22.9. The van der Waals surface area contributed by atoms with Crippen LogP contribution in [0.5, 0.6) is 0 Å². The molecule has 2 N–H and O–H groups in total. The molecule has 1 saturated carbocycles. The van der Waals surface area contributed by atoms with Crippen molar-refractivity contribution < 1.29 is 8.42 Å². The number of rotatable bonds is 4. The third kappa shape index (κ3) is 3.61. The van der Waals surface area contributed by atoms with E-state index in [1.165, 1.54) is 6.26 Å². The Bertz CT molecular complexity index is 311. The Morgan fingerprint density at radius 2 is 2.20 bits per heavy atom. The fraction of sp³-hybridized carbons (Fsp3) is 0.818. The van der Waals surface area contributed by atoms with Crippen LogP contribution in [0.1, 0.15) is 32.1 Å². The molecule has 4 heteroatoms. The summed E-state index contributed by atoms with van der Waals surface area (Å²) in [6.45, 7) is 3.67. The summed E-state index contributed by atoms with van der Waals surface area (Å²) in [7, 11) is -2.89. The Balaban J connectivity index is 2.60. The average molecular weight is 231 g/mol. The molecule has 3 nitrogen and oxygen atoms in total. The van der Waals surface area contributed by atoms with Crippen molar-refractivity contribution in [2.75, 3.05) is 6.26 Å². The molecule has 0 heterocycles. The van der Waals surface area contributed by atoms with Crippen molar-refractivity contribution in [3.63, 3.8) is 0 Å². The van der Waals surface area contributed by atoms with Crippen LogP contribution < -0.4 is 5.73 Å². The van der Waals surface area contributed by atoms with Crippen LogP contribution in [-0.2, 0) is 9.84 Å². The minimum Gasteiger partial charge on any atom is -0.327 e. The van der Waals surface area contributed by atoms with E-state index in [9.17, 15) is 8.42 Å². The molecule has 0 aliphatic heterocycles. The van der Waals surface area contributed by atoms with E-state index in [0.29, 0.717) is 5.92 Å². The third-order valence-corrected chi connectivity index (χ3v) is 4.96. The summed E-state index contributed by atoms with van der Waals surface area (Å²) in [5, 5.41) is -0.174. The molecule has 15 heavy (non-hydrogen) atoms. The maximum atomic E-state index is 11.5. The molecule has 3 atom stereocenters. The predicted octanol–water partition coefficient (Wildman–Crippen LogP) is 1.49. The van der Waals surface area contributed by atoms with Crippen molar-refractivity contribution in [1.29, 1.82) is 0 Å². The maximum Gasteiger partial charge on any atom is 0.150 e. The van der Waals surface area contributed by atoms with Gasteiger partial charge in [0.05, 0.1) is 5.25 Å². The zero-order valence-corrected chi connectivity index (χ0v) is 10.2. The van der Waals surface area contributed by atoms with Gasteiger partial charge < -0.3 is 5.73 Å². The summed E-state index contributed by atoms with van der Waals surface area (Å²) >= 11 is 0. The van der Waals surface area contributed by atoms with Crippen LogP contribution in [0, 0.1) is 5.92 Å². The van der Waals surface area contributed by atoms with E-state index in [1.807, 2.05) is 6.08 Å². The monoisotopic (exact) mass is 231 g/mol. The van der Waals surface area contributed by atoms with Crippen molar-refractivity contribution in [3.05, 3.63) is 12.7 Å². The first-order chi connectivity index (χ1) is 6.95. The van der Waals surface area contributed by atoms with Crippen LogP contribution in [0.25, 0.3) is 0 Å². The Morgan fingerprint density at radius 3 is 2.73 bits per heavy atom. The quantitative estimate of drug-likeness (QED) is 0.746. The molecule has 1 rings (SSSR count). The minimum atomic E-state index is -2.89. The lowest BCUT2D eigenvalue weighted by molar-refractivity contribution is 0.306. The van der Waals surface area contributed by atoms with Crippen LogP contribution in [0.4, 0.5) is 0 Å². The zero-order valence-electron chi connectivity index (χ0n) is 9.35. The summed E-state index contributed by atoms with van der Waals surface area (Å²) in [5.74, 6) is 0.344. The molecule has 0 amide bonds. The summed E-state index contributed by atoms with van der Waals surface area (Å²) in [5.41, 5.74) is 6.00. The van der Waals surface area contributed by atoms with E-state index < -0.39 is 9.84 Å². The summed E-state index contributed by atoms with van der Waals surface area (Å²) in [4.78, 5) is 0. The van der Waals surface area contributed by atoms with Gasteiger partial charge in [-0.2, -0.15) is 0 Å². The molecule has 0 spiro atoms. The highest BCUT2D eigenvalue weighted by molar-refractivity contribution is 7.91. The minimum absolute atomic E-state index is 0.0760. The molecule has 1 fully saturated rings. The average Bonchev–Trinajstić information content (AvgIpc) is 2.17. The normalized spacial score (nSPS) is 29.7. The molecule has 3 unspecified atom stereocenters. The smallest absolute Gasteiger partial charge is 0.150 e. The predicted molar refractivity (Wildman–Crippen MR) is 63.4 cm³/mol. The first-order valence-electron chi connectivity index (χ1n) is 5.50. The second-order valence-corrected chi connectivity index (χ2v) is 6.89. The molecule has 88 valence electrons. The lowest BCUT2D eigenvalue weighted by Crippen LogP contribution is -2.37. The van der Waals surface area contributed by atoms with Crippen LogP contribution >= 0.6 is 0 Å². The van der Waals surface area contributed by atoms with Crippen LogP contribution in [0.15, 0.2) is 12.7 Å². The van der Waals surface area contributed by atoms with Crippen molar-refractivity contribution in [3.8, 4) is 0 Å². The molecule has 1 aliphatic rings. The maximum absolute atomic E-state index is 11.5. The van der Waals surface area contributed by atoms with Gasteiger partial charge >= 0.3 is 0 Å². The SMILES string of the molecule is C=CCC(N)C1CCCC(S(C)(=O)=O)C1. The van der Waals surface area contributed by atoms with Gasteiger partial charge in [0.2, 0.25) is 0 Å². The Morgan fingerprint density at radius 1 is 1.53 bits per heavy atom. The Labute approximate surface area is 92.7 Å². The first-order valence-corrected chi connectivity index (χ1v) is 7.46. The fourth-order valence-corrected chi connectivity index (χ4v) is 3.54. The van der Waals surface area contributed by atoms with Gasteiger partial charge in [0, 0.05) is 12.3 Å². The Hall–Kier alpha value is -0.350. The molecule has 0 saturated heterocycles. The molecule has 0 radical (unpaired) electrons. The van der Waals surface area contributed by atoms with E-state index in [4.69, 9.17) is 5.73 Å². The van der Waals surface area contributed by atoms with Gasteiger partial charge in [-0.25, -0.2) is 8.42 Å². The van der Waals surface area contributed by atoms with Gasteiger partial charge in [0.1, 0.15) is 9.84 Å². The second kappa shape index (κ2) is 5.12. The molecule has 0 aromatic carbocycles. The van der Waals surface area contributed by atoms with Gasteiger partial charge in [0.25, 0.3) is 0 Å². The molecular formula is C11H21NO2S. The standard InChI is InChI=1S/C11H21NO2S/c1-3-5-11(12)9-6-4-7-10(8-9)15(2,13)14/h3,9-11H,1,4-8,12H2,2H3. The van der Waals surface area contributed by atoms with Gasteiger partial charge in [-0.1, -0.05) is 12.5 Å². The molecule has 1 aliphatic carbocycles. The largest absolute Gasteiger partial charge is 0.327 e. The molecule has 0 aromatic rings. The van der Waals surface area contributed by atoms with Crippen LogP contribution in [0.2, 0.25) is 0 Å². The molecular weight excluding hydrogens is 210 g/mol. The fourth-order valence-electron chi connectivity index (χ4n) is 2.34. The second-order valence-electron chi connectivity index (χ2n) is 4.57. The highest BCUT2D eigenvalue weighted by atomic mass is 32.2. The summed E-state index contributed by atoms with van der Waals surface area (Å²) in [6.07, 6.45) is 7.49. The van der Waals surface area contributed by atoms with E-state index in [-0.39, 0.29) is 11.3 Å². The van der Waals surface area contributed by atoms with Gasteiger partial charge in [-0.3, -0.25) is 0 Å². The number of nitrogens with two attached hydrogens (primary N) is 1. The van der Waals surface area contributed by atoms with E-state index >= 15 is 0 Å².